The van der Waals surface area contributed by atoms with Crippen LogP contribution in [0.3, 0.4) is 0 Å². The van der Waals surface area contributed by atoms with E-state index in [2.05, 4.69) is 10.0 Å². The van der Waals surface area contributed by atoms with Gasteiger partial charge in [-0.2, -0.15) is 4.72 Å². The third-order valence-corrected chi connectivity index (χ3v) is 6.69. The van der Waals surface area contributed by atoms with Gasteiger partial charge in [-0.1, -0.05) is 60.2 Å². The van der Waals surface area contributed by atoms with Gasteiger partial charge in [-0.3, -0.25) is 4.79 Å². The van der Waals surface area contributed by atoms with E-state index in [9.17, 15) is 13.2 Å². The van der Waals surface area contributed by atoms with Crippen molar-refractivity contribution in [3.05, 3.63) is 95.6 Å². The minimum atomic E-state index is -3.88. The molecule has 0 bridgehead atoms. The van der Waals surface area contributed by atoms with Crippen molar-refractivity contribution in [2.75, 3.05) is 7.11 Å². The number of aryl methyl sites for hydroxylation is 1. The molecule has 1 amide bonds. The van der Waals surface area contributed by atoms with Crippen LogP contribution in [0.25, 0.3) is 0 Å². The summed E-state index contributed by atoms with van der Waals surface area (Å²) in [4.78, 5) is 13.3. The van der Waals surface area contributed by atoms with Gasteiger partial charge in [-0.15, -0.1) is 0 Å². The van der Waals surface area contributed by atoms with Crippen LogP contribution in [0.2, 0.25) is 0 Å². The topological polar surface area (TPSA) is 84.5 Å². The summed E-state index contributed by atoms with van der Waals surface area (Å²) < 4.78 is 33.7. The molecular formula is C25H28N2O4S. The molecule has 2 atom stereocenters. The summed E-state index contributed by atoms with van der Waals surface area (Å²) in [5, 5.41) is 2.93. The summed E-state index contributed by atoms with van der Waals surface area (Å²) in [6.45, 7) is 3.74. The number of ether oxygens (including phenoxy) is 1. The fourth-order valence-electron chi connectivity index (χ4n) is 3.30. The van der Waals surface area contributed by atoms with Gasteiger partial charge >= 0.3 is 0 Å². The van der Waals surface area contributed by atoms with Crippen LogP contribution < -0.4 is 14.8 Å². The van der Waals surface area contributed by atoms with Crippen molar-refractivity contribution in [2.24, 2.45) is 0 Å². The Labute approximate surface area is 189 Å². The molecule has 7 heteroatoms. The highest BCUT2D eigenvalue weighted by Gasteiger charge is 2.27. The van der Waals surface area contributed by atoms with Crippen LogP contribution in [0.1, 0.15) is 29.7 Å². The molecule has 6 nitrogen and oxygen atoms in total. The van der Waals surface area contributed by atoms with Crippen molar-refractivity contribution in [1.82, 2.24) is 10.0 Å². The average molecular weight is 453 g/mol. The van der Waals surface area contributed by atoms with Gasteiger partial charge < -0.3 is 10.1 Å². The molecule has 2 N–H and O–H groups in total. The Kier molecular flexibility index (Phi) is 7.66. The van der Waals surface area contributed by atoms with Gasteiger partial charge in [0.1, 0.15) is 11.8 Å². The number of hydrogen-bond donors (Lipinski definition) is 2. The Hall–Kier alpha value is -3.16. The van der Waals surface area contributed by atoms with Crippen molar-refractivity contribution in [3.8, 4) is 5.75 Å². The minimum absolute atomic E-state index is 0.122. The largest absolute Gasteiger partial charge is 0.497 e. The third-order valence-electron chi connectivity index (χ3n) is 5.20. The summed E-state index contributed by atoms with van der Waals surface area (Å²) in [7, 11) is -2.29. The first-order valence-corrected chi connectivity index (χ1v) is 11.8. The van der Waals surface area contributed by atoms with Crippen molar-refractivity contribution >= 4 is 15.9 Å². The molecule has 0 unspecified atom stereocenters. The Morgan fingerprint density at radius 2 is 1.56 bits per heavy atom. The first-order valence-electron chi connectivity index (χ1n) is 10.4. The Morgan fingerprint density at radius 1 is 0.938 bits per heavy atom. The molecule has 168 valence electrons. The van der Waals surface area contributed by atoms with E-state index >= 15 is 0 Å². The highest BCUT2D eigenvalue weighted by Crippen LogP contribution is 2.18. The summed E-state index contributed by atoms with van der Waals surface area (Å²) in [6, 6.07) is 22.0. The van der Waals surface area contributed by atoms with Crippen molar-refractivity contribution in [3.63, 3.8) is 0 Å². The van der Waals surface area contributed by atoms with E-state index in [1.807, 2.05) is 68.4 Å². The smallest absolute Gasteiger partial charge is 0.241 e. The van der Waals surface area contributed by atoms with Crippen molar-refractivity contribution in [1.29, 1.82) is 0 Å². The molecule has 32 heavy (non-hydrogen) atoms. The molecule has 0 saturated carbocycles. The van der Waals surface area contributed by atoms with Gasteiger partial charge in [0.2, 0.25) is 15.9 Å². The van der Waals surface area contributed by atoms with Gasteiger partial charge in [0.25, 0.3) is 0 Å². The lowest BCUT2D eigenvalue weighted by atomic mass is 10.0. The SMILES string of the molecule is COc1ccc([C@H](C)NC(=O)[C@@H](Cc2ccccc2)NS(=O)(=O)c2ccc(C)cc2)cc1. The van der Waals surface area contributed by atoms with Crippen LogP contribution in [-0.2, 0) is 21.2 Å². The number of carbonyl (C=O) groups is 1. The molecule has 0 heterocycles. The molecule has 0 aliphatic heterocycles. The van der Waals surface area contributed by atoms with E-state index in [0.717, 1.165) is 22.4 Å². The monoisotopic (exact) mass is 452 g/mol. The van der Waals surface area contributed by atoms with E-state index in [1.54, 1.807) is 19.2 Å². The first-order chi connectivity index (χ1) is 15.3. The Morgan fingerprint density at radius 3 is 2.16 bits per heavy atom. The molecule has 0 saturated heterocycles. The molecule has 0 spiro atoms. The Bertz CT molecular complexity index is 1130. The van der Waals surface area contributed by atoms with Crippen molar-refractivity contribution in [2.45, 2.75) is 37.2 Å². The van der Waals surface area contributed by atoms with E-state index in [-0.39, 0.29) is 17.4 Å². The maximum atomic E-state index is 13.2. The summed E-state index contributed by atoms with van der Waals surface area (Å²) >= 11 is 0. The van der Waals surface area contributed by atoms with E-state index in [0.29, 0.717) is 0 Å². The molecular weight excluding hydrogens is 424 g/mol. The van der Waals surface area contributed by atoms with Crippen LogP contribution in [0.5, 0.6) is 5.75 Å². The molecule has 0 aliphatic carbocycles. The van der Waals surface area contributed by atoms with E-state index < -0.39 is 22.0 Å². The number of rotatable bonds is 9. The van der Waals surface area contributed by atoms with E-state index in [4.69, 9.17) is 4.74 Å². The number of hydrogen-bond acceptors (Lipinski definition) is 4. The summed E-state index contributed by atoms with van der Waals surface area (Å²) in [6.07, 6.45) is 0.229. The van der Waals surface area contributed by atoms with Crippen molar-refractivity contribution < 1.29 is 17.9 Å². The lowest BCUT2D eigenvalue weighted by molar-refractivity contribution is -0.123. The molecule has 3 rings (SSSR count). The van der Waals surface area contributed by atoms with Crippen LogP contribution in [0, 0.1) is 6.92 Å². The highest BCUT2D eigenvalue weighted by atomic mass is 32.2. The van der Waals surface area contributed by atoms with Crippen LogP contribution in [0.15, 0.2) is 83.8 Å². The number of methoxy groups -OCH3 is 1. The first kappa shape index (κ1) is 23.5. The zero-order chi connectivity index (χ0) is 23.1. The molecule has 3 aromatic carbocycles. The zero-order valence-electron chi connectivity index (χ0n) is 18.4. The number of benzene rings is 3. The molecule has 0 aliphatic rings. The lowest BCUT2D eigenvalue weighted by Gasteiger charge is -2.22. The maximum Gasteiger partial charge on any atom is 0.241 e. The quantitative estimate of drug-likeness (QED) is 0.518. The second-order valence-electron chi connectivity index (χ2n) is 7.68. The zero-order valence-corrected chi connectivity index (χ0v) is 19.2. The molecule has 0 radical (unpaired) electrons. The minimum Gasteiger partial charge on any atom is -0.497 e. The summed E-state index contributed by atoms with van der Waals surface area (Å²) in [5.41, 5.74) is 2.70. The molecule has 0 fully saturated rings. The predicted octanol–water partition coefficient (Wildman–Crippen LogP) is 3.77. The molecule has 0 aromatic heterocycles. The number of amides is 1. The van der Waals surface area contributed by atoms with Crippen LogP contribution in [-0.4, -0.2) is 27.5 Å². The average Bonchev–Trinajstić information content (AvgIpc) is 2.79. The van der Waals surface area contributed by atoms with Gasteiger partial charge in [0.05, 0.1) is 18.0 Å². The van der Waals surface area contributed by atoms with Gasteiger partial charge in [0.15, 0.2) is 0 Å². The van der Waals surface area contributed by atoms with Gasteiger partial charge in [-0.05, 0) is 55.7 Å². The predicted molar refractivity (Wildman–Crippen MR) is 125 cm³/mol. The lowest BCUT2D eigenvalue weighted by Crippen LogP contribution is -2.48. The second kappa shape index (κ2) is 10.4. The fourth-order valence-corrected chi connectivity index (χ4v) is 4.50. The number of sulfonamides is 1. The van der Waals surface area contributed by atoms with Crippen LogP contribution in [0.4, 0.5) is 0 Å². The van der Waals surface area contributed by atoms with E-state index in [1.165, 1.54) is 12.1 Å². The number of carbonyl (C=O) groups excluding carboxylic acids is 1. The van der Waals surface area contributed by atoms with Gasteiger partial charge in [-0.25, -0.2) is 8.42 Å². The highest BCUT2D eigenvalue weighted by molar-refractivity contribution is 7.89. The third kappa shape index (κ3) is 6.18. The standard InChI is InChI=1S/C25H28N2O4S/c1-18-9-15-23(16-10-18)32(29,30)27-24(17-20-7-5-4-6-8-20)25(28)26-19(2)21-11-13-22(31-3)14-12-21/h4-16,19,24,27H,17H2,1-3H3,(H,26,28)/t19-,24+/m0/s1. The fraction of sp³-hybridized carbons (Fsp3) is 0.240. The molecule has 3 aromatic rings. The summed E-state index contributed by atoms with van der Waals surface area (Å²) in [5.74, 6) is 0.327. The number of nitrogens with one attached hydrogen (secondary N) is 2. The normalized spacial score (nSPS) is 13.2. The van der Waals surface area contributed by atoms with Crippen LogP contribution >= 0.6 is 0 Å². The van der Waals surface area contributed by atoms with Gasteiger partial charge in [0, 0.05) is 0 Å². The second-order valence-corrected chi connectivity index (χ2v) is 9.39. The maximum absolute atomic E-state index is 13.2. The Balaban J connectivity index is 1.81.